The van der Waals surface area contributed by atoms with Gasteiger partial charge in [-0.15, -0.1) is 0 Å². The van der Waals surface area contributed by atoms with Crippen LogP contribution in [0.25, 0.3) is 0 Å². The molecule has 1 aliphatic rings. The number of ether oxygens (including phenoxy) is 1. The predicted molar refractivity (Wildman–Crippen MR) is 109 cm³/mol. The molecule has 3 N–H and O–H groups in total. The highest BCUT2D eigenvalue weighted by Gasteiger charge is 2.23. The van der Waals surface area contributed by atoms with Gasteiger partial charge in [-0.1, -0.05) is 6.07 Å². The largest absolute Gasteiger partial charge is 0.497 e. The first kappa shape index (κ1) is 20.5. The fourth-order valence-corrected chi connectivity index (χ4v) is 3.32. The Kier molecular flexibility index (Phi) is 7.23. The van der Waals surface area contributed by atoms with E-state index in [1.54, 1.807) is 7.11 Å². The number of carbonyl (C=O) groups is 1. The molecule has 1 heterocycles. The van der Waals surface area contributed by atoms with Crippen molar-refractivity contribution in [2.24, 2.45) is 0 Å². The molecule has 26 heavy (non-hydrogen) atoms. The summed E-state index contributed by atoms with van der Waals surface area (Å²) >= 11 is 5.58. The van der Waals surface area contributed by atoms with Crippen LogP contribution in [0, 0.1) is 0 Å². The molecule has 0 aromatic heterocycles. The summed E-state index contributed by atoms with van der Waals surface area (Å²) in [6, 6.07) is 7.75. The number of amides is 1. The third-order valence-electron chi connectivity index (χ3n) is 4.23. The van der Waals surface area contributed by atoms with Crippen LogP contribution in [-0.2, 0) is 4.79 Å². The number of benzene rings is 1. The summed E-state index contributed by atoms with van der Waals surface area (Å²) in [5.74, 6) is 0.909. The van der Waals surface area contributed by atoms with Gasteiger partial charge in [0.2, 0.25) is 0 Å². The quantitative estimate of drug-likeness (QED) is 0.679. The van der Waals surface area contributed by atoms with Gasteiger partial charge in [0, 0.05) is 30.3 Å². The van der Waals surface area contributed by atoms with Crippen molar-refractivity contribution in [2.75, 3.05) is 45.2 Å². The third-order valence-corrected chi connectivity index (χ3v) is 4.59. The Balaban J connectivity index is 1.85. The summed E-state index contributed by atoms with van der Waals surface area (Å²) in [5.41, 5.74) is 0.740. The van der Waals surface area contributed by atoms with E-state index in [2.05, 4.69) is 15.5 Å². The summed E-state index contributed by atoms with van der Waals surface area (Å²) in [4.78, 5) is 15.6. The lowest BCUT2D eigenvalue weighted by molar-refractivity contribution is -0.889. The van der Waals surface area contributed by atoms with Crippen LogP contribution in [0.3, 0.4) is 0 Å². The first-order chi connectivity index (χ1) is 12.3. The van der Waals surface area contributed by atoms with E-state index in [4.69, 9.17) is 17.0 Å². The van der Waals surface area contributed by atoms with E-state index in [0.29, 0.717) is 6.54 Å². The van der Waals surface area contributed by atoms with Crippen molar-refractivity contribution >= 4 is 28.9 Å². The topological polar surface area (TPSA) is 58.0 Å². The van der Waals surface area contributed by atoms with Crippen molar-refractivity contribution < 1.29 is 14.4 Å². The van der Waals surface area contributed by atoms with E-state index >= 15 is 0 Å². The van der Waals surface area contributed by atoms with Crippen molar-refractivity contribution in [3.8, 4) is 5.75 Å². The lowest BCUT2D eigenvalue weighted by Gasteiger charge is -2.24. The number of rotatable bonds is 4. The number of hydrogen-bond acceptors (Lipinski definition) is 3. The third kappa shape index (κ3) is 6.80. The second-order valence-corrected chi connectivity index (χ2v) is 8.11. The highest BCUT2D eigenvalue weighted by atomic mass is 32.1. The molecule has 7 heteroatoms. The zero-order valence-corrected chi connectivity index (χ0v) is 17.0. The molecule has 1 atom stereocenters. The van der Waals surface area contributed by atoms with Gasteiger partial charge >= 0.3 is 0 Å². The standard InChI is InChI=1S/C19H30N4O2S/c1-19(2,3)21-17(24)14-22-9-6-10-23(12-11-22)18(26)20-15-7-5-8-16(13-15)25-4/h5,7-8,13H,6,9-12,14H2,1-4H3,(H,20,26)(H,21,24)/p+1. The van der Waals surface area contributed by atoms with Crippen LogP contribution in [0.5, 0.6) is 5.75 Å². The maximum atomic E-state index is 12.2. The second-order valence-electron chi connectivity index (χ2n) is 7.73. The van der Waals surface area contributed by atoms with E-state index in [1.165, 1.54) is 4.90 Å². The minimum atomic E-state index is -0.184. The van der Waals surface area contributed by atoms with Gasteiger partial charge in [-0.05, 0) is 45.1 Å². The molecular weight excluding hydrogens is 348 g/mol. The molecule has 1 saturated heterocycles. The molecule has 1 aromatic rings. The van der Waals surface area contributed by atoms with Crippen LogP contribution in [-0.4, -0.2) is 61.3 Å². The first-order valence-electron chi connectivity index (χ1n) is 9.11. The molecule has 1 unspecified atom stereocenters. The summed E-state index contributed by atoms with van der Waals surface area (Å²) in [6.07, 6.45) is 1.01. The Labute approximate surface area is 161 Å². The van der Waals surface area contributed by atoms with Crippen LogP contribution in [0.1, 0.15) is 27.2 Å². The zero-order chi connectivity index (χ0) is 19.2. The number of nitrogens with one attached hydrogen (secondary N) is 3. The fraction of sp³-hybridized carbons (Fsp3) is 0.579. The van der Waals surface area contributed by atoms with Crippen LogP contribution >= 0.6 is 12.2 Å². The summed E-state index contributed by atoms with van der Waals surface area (Å²) in [6.45, 7) is 10.2. The number of quaternary nitrogens is 1. The van der Waals surface area contributed by atoms with Gasteiger partial charge in [-0.25, -0.2) is 0 Å². The molecule has 0 radical (unpaired) electrons. The number of thiocarbonyl (C=S) groups is 1. The average Bonchev–Trinajstić information content (AvgIpc) is 2.79. The Morgan fingerprint density at radius 3 is 2.77 bits per heavy atom. The Morgan fingerprint density at radius 2 is 2.08 bits per heavy atom. The fourth-order valence-electron chi connectivity index (χ4n) is 3.02. The van der Waals surface area contributed by atoms with Crippen LogP contribution in [0.4, 0.5) is 5.69 Å². The van der Waals surface area contributed by atoms with E-state index in [1.807, 2.05) is 45.0 Å². The normalized spacial score (nSPS) is 18.0. The minimum Gasteiger partial charge on any atom is -0.497 e. The van der Waals surface area contributed by atoms with Crippen molar-refractivity contribution in [3.05, 3.63) is 24.3 Å². The number of nitrogens with zero attached hydrogens (tertiary/aromatic N) is 1. The van der Waals surface area contributed by atoms with Gasteiger partial charge in [0.1, 0.15) is 5.75 Å². The van der Waals surface area contributed by atoms with Crippen LogP contribution in [0.2, 0.25) is 0 Å². The molecule has 1 aliphatic heterocycles. The van der Waals surface area contributed by atoms with E-state index in [0.717, 1.165) is 49.1 Å². The number of hydrogen-bond donors (Lipinski definition) is 3. The van der Waals surface area contributed by atoms with E-state index in [-0.39, 0.29) is 11.4 Å². The molecule has 2 rings (SSSR count). The monoisotopic (exact) mass is 379 g/mol. The highest BCUT2D eigenvalue weighted by Crippen LogP contribution is 2.17. The number of methoxy groups -OCH3 is 1. The van der Waals surface area contributed by atoms with Gasteiger partial charge in [0.15, 0.2) is 11.7 Å². The molecule has 144 valence electrons. The summed E-state index contributed by atoms with van der Waals surface area (Å²) < 4.78 is 5.25. The number of anilines is 1. The lowest BCUT2D eigenvalue weighted by Crippen LogP contribution is -3.13. The maximum absolute atomic E-state index is 12.2. The van der Waals surface area contributed by atoms with E-state index in [9.17, 15) is 4.79 Å². The van der Waals surface area contributed by atoms with Crippen molar-refractivity contribution in [1.82, 2.24) is 10.2 Å². The molecular formula is C19H31N4O2S+. The van der Waals surface area contributed by atoms with Crippen LogP contribution < -0.4 is 20.3 Å². The second kappa shape index (κ2) is 9.19. The smallest absolute Gasteiger partial charge is 0.275 e. The Hall–Kier alpha value is -1.86. The molecule has 0 aliphatic carbocycles. The van der Waals surface area contributed by atoms with Crippen LogP contribution in [0.15, 0.2) is 24.3 Å². The Morgan fingerprint density at radius 1 is 1.31 bits per heavy atom. The molecule has 1 amide bonds. The zero-order valence-electron chi connectivity index (χ0n) is 16.2. The van der Waals surface area contributed by atoms with Gasteiger partial charge < -0.3 is 25.2 Å². The summed E-state index contributed by atoms with van der Waals surface area (Å²) in [5, 5.41) is 7.05. The molecule has 1 fully saturated rings. The lowest BCUT2D eigenvalue weighted by atomic mass is 10.1. The van der Waals surface area contributed by atoms with Crippen molar-refractivity contribution in [3.63, 3.8) is 0 Å². The van der Waals surface area contributed by atoms with Gasteiger partial charge in [0.25, 0.3) is 5.91 Å². The van der Waals surface area contributed by atoms with Crippen molar-refractivity contribution in [1.29, 1.82) is 0 Å². The van der Waals surface area contributed by atoms with Gasteiger partial charge in [0.05, 0.1) is 26.7 Å². The average molecular weight is 380 g/mol. The highest BCUT2D eigenvalue weighted by molar-refractivity contribution is 7.80. The first-order valence-corrected chi connectivity index (χ1v) is 9.52. The molecule has 0 bridgehead atoms. The number of carbonyl (C=O) groups excluding carboxylic acids is 1. The molecule has 1 aromatic carbocycles. The Bertz CT molecular complexity index is 630. The van der Waals surface area contributed by atoms with E-state index < -0.39 is 0 Å². The minimum absolute atomic E-state index is 0.109. The van der Waals surface area contributed by atoms with Crippen molar-refractivity contribution in [2.45, 2.75) is 32.7 Å². The molecule has 0 saturated carbocycles. The van der Waals surface area contributed by atoms with Gasteiger partial charge in [-0.2, -0.15) is 0 Å². The molecule has 0 spiro atoms. The summed E-state index contributed by atoms with van der Waals surface area (Å²) in [7, 11) is 1.65. The SMILES string of the molecule is COc1cccc(NC(=S)N2CCC[NH+](CC(=O)NC(C)(C)C)CC2)c1. The van der Waals surface area contributed by atoms with Gasteiger partial charge in [-0.3, -0.25) is 4.79 Å². The maximum Gasteiger partial charge on any atom is 0.275 e. The molecule has 6 nitrogen and oxygen atoms in total. The predicted octanol–water partition coefficient (Wildman–Crippen LogP) is 0.897.